The Kier molecular flexibility index (Phi) is 3.56. The zero-order chi connectivity index (χ0) is 10.8. The Labute approximate surface area is 108 Å². The van der Waals surface area contributed by atoms with Crippen LogP contribution in [0.1, 0.15) is 17.2 Å². The second kappa shape index (κ2) is 4.74. The van der Waals surface area contributed by atoms with Crippen molar-refractivity contribution in [2.45, 2.75) is 6.10 Å². The first-order valence-electron chi connectivity index (χ1n) is 4.18. The minimum Gasteiger partial charge on any atom is -0.384 e. The highest BCUT2D eigenvalue weighted by atomic mass is 79.9. The number of thiophene rings is 1. The van der Waals surface area contributed by atoms with Gasteiger partial charge in [-0.1, -0.05) is 0 Å². The van der Waals surface area contributed by atoms with Crippen molar-refractivity contribution in [1.29, 1.82) is 0 Å². The van der Waals surface area contributed by atoms with E-state index in [9.17, 15) is 5.11 Å². The van der Waals surface area contributed by atoms with Crippen LogP contribution in [-0.4, -0.2) is 10.1 Å². The van der Waals surface area contributed by atoms with Crippen molar-refractivity contribution in [3.63, 3.8) is 0 Å². The quantitative estimate of drug-likeness (QED) is 0.896. The topological polar surface area (TPSA) is 33.1 Å². The van der Waals surface area contributed by atoms with Crippen molar-refractivity contribution in [3.8, 4) is 0 Å². The normalized spacial score (nSPS) is 12.7. The maximum atomic E-state index is 10.1. The van der Waals surface area contributed by atoms with Gasteiger partial charge in [0.05, 0.1) is 0 Å². The van der Waals surface area contributed by atoms with E-state index in [0.717, 1.165) is 20.1 Å². The Balaban J connectivity index is 2.36. The molecule has 2 rings (SSSR count). The molecule has 1 N–H and O–H groups in total. The summed E-state index contributed by atoms with van der Waals surface area (Å²) in [6, 6.07) is 1.86. The van der Waals surface area contributed by atoms with E-state index < -0.39 is 6.10 Å². The lowest BCUT2D eigenvalue weighted by Gasteiger charge is -2.09. The van der Waals surface area contributed by atoms with E-state index in [0.29, 0.717) is 0 Å². The zero-order valence-corrected chi connectivity index (χ0v) is 11.5. The average molecular weight is 349 g/mol. The summed E-state index contributed by atoms with van der Waals surface area (Å²) in [6.07, 6.45) is 2.73. The molecule has 0 saturated heterocycles. The van der Waals surface area contributed by atoms with Crippen LogP contribution in [0.15, 0.2) is 38.2 Å². The predicted octanol–water partition coefficient (Wildman–Crippen LogP) is 3.75. The summed E-state index contributed by atoms with van der Waals surface area (Å²) in [6.45, 7) is 0. The number of aliphatic hydroxyl groups excluding tert-OH is 1. The summed E-state index contributed by atoms with van der Waals surface area (Å²) in [5.74, 6) is 0. The zero-order valence-electron chi connectivity index (χ0n) is 7.52. The van der Waals surface area contributed by atoms with Gasteiger partial charge in [0.15, 0.2) is 0 Å². The third-order valence-corrected chi connectivity index (χ3v) is 4.16. The fraction of sp³-hybridized carbons (Fsp3) is 0.100. The molecule has 0 aromatic carbocycles. The van der Waals surface area contributed by atoms with E-state index in [1.165, 1.54) is 0 Å². The Bertz CT molecular complexity index is 472. The molecule has 0 aliphatic heterocycles. The third kappa shape index (κ3) is 2.47. The maximum Gasteiger partial charge on any atom is 0.107 e. The smallest absolute Gasteiger partial charge is 0.107 e. The van der Waals surface area contributed by atoms with Crippen molar-refractivity contribution in [2.24, 2.45) is 0 Å². The van der Waals surface area contributed by atoms with Crippen LogP contribution < -0.4 is 0 Å². The summed E-state index contributed by atoms with van der Waals surface area (Å²) < 4.78 is 1.80. The molecule has 2 nitrogen and oxygen atoms in total. The van der Waals surface area contributed by atoms with Crippen LogP contribution in [0.4, 0.5) is 0 Å². The van der Waals surface area contributed by atoms with Crippen LogP contribution in [0.3, 0.4) is 0 Å². The van der Waals surface area contributed by atoms with E-state index >= 15 is 0 Å². The van der Waals surface area contributed by atoms with Crippen molar-refractivity contribution < 1.29 is 5.11 Å². The highest BCUT2D eigenvalue weighted by Crippen LogP contribution is 2.31. The molecule has 0 fully saturated rings. The second-order valence-electron chi connectivity index (χ2n) is 3.01. The minimum atomic E-state index is -0.629. The van der Waals surface area contributed by atoms with Gasteiger partial charge in [-0.25, -0.2) is 0 Å². The lowest BCUT2D eigenvalue weighted by Crippen LogP contribution is -1.99. The van der Waals surface area contributed by atoms with Gasteiger partial charge in [-0.3, -0.25) is 4.98 Å². The van der Waals surface area contributed by atoms with Gasteiger partial charge >= 0.3 is 0 Å². The molecule has 0 radical (unpaired) electrons. The number of pyridine rings is 1. The molecule has 5 heteroatoms. The summed E-state index contributed by atoms with van der Waals surface area (Å²) in [5.41, 5.74) is 1.66. The summed E-state index contributed by atoms with van der Waals surface area (Å²) in [4.78, 5) is 4.03. The number of rotatable bonds is 2. The van der Waals surface area contributed by atoms with Gasteiger partial charge in [0, 0.05) is 37.8 Å². The fourth-order valence-electron chi connectivity index (χ4n) is 1.24. The van der Waals surface area contributed by atoms with Gasteiger partial charge in [0.25, 0.3) is 0 Å². The molecule has 2 heterocycles. The van der Waals surface area contributed by atoms with Crippen molar-refractivity contribution in [2.75, 3.05) is 0 Å². The number of aliphatic hydroxyl groups is 1. The standard InChI is InChI=1S/C10H7Br2NOS/c11-7-1-6(2-13-3-7)10(14)8-4-15-5-9(8)12/h1-5,10,14H. The molecule has 0 aliphatic carbocycles. The second-order valence-corrected chi connectivity index (χ2v) is 5.53. The molecule has 1 unspecified atom stereocenters. The Morgan fingerprint density at radius 3 is 2.67 bits per heavy atom. The van der Waals surface area contributed by atoms with Gasteiger partial charge in [0.2, 0.25) is 0 Å². The molecule has 2 aromatic rings. The van der Waals surface area contributed by atoms with E-state index in [-0.39, 0.29) is 0 Å². The lowest BCUT2D eigenvalue weighted by atomic mass is 10.1. The molecule has 2 aromatic heterocycles. The molecule has 0 amide bonds. The molecule has 15 heavy (non-hydrogen) atoms. The van der Waals surface area contributed by atoms with Crippen LogP contribution >= 0.6 is 43.2 Å². The highest BCUT2D eigenvalue weighted by molar-refractivity contribution is 9.10. The molecule has 0 aliphatic rings. The van der Waals surface area contributed by atoms with Crippen LogP contribution in [0.25, 0.3) is 0 Å². The van der Waals surface area contributed by atoms with Crippen LogP contribution in [0.2, 0.25) is 0 Å². The van der Waals surface area contributed by atoms with Gasteiger partial charge < -0.3 is 5.11 Å². The summed E-state index contributed by atoms with van der Waals surface area (Å²) >= 11 is 8.28. The van der Waals surface area contributed by atoms with Gasteiger partial charge in [-0.05, 0) is 43.3 Å². The van der Waals surface area contributed by atoms with E-state index in [2.05, 4.69) is 36.8 Å². The fourth-order valence-corrected chi connectivity index (χ4v) is 3.16. The van der Waals surface area contributed by atoms with Gasteiger partial charge in [0.1, 0.15) is 6.10 Å². The average Bonchev–Trinajstić information content (AvgIpc) is 2.63. The molecule has 78 valence electrons. The summed E-state index contributed by atoms with van der Waals surface area (Å²) in [5, 5.41) is 14.0. The Morgan fingerprint density at radius 2 is 2.07 bits per heavy atom. The number of hydrogen-bond donors (Lipinski definition) is 1. The molecule has 0 saturated carbocycles. The van der Waals surface area contributed by atoms with Crippen molar-refractivity contribution in [3.05, 3.63) is 49.3 Å². The minimum absolute atomic E-state index is 0.629. The van der Waals surface area contributed by atoms with Gasteiger partial charge in [-0.15, -0.1) is 0 Å². The van der Waals surface area contributed by atoms with Crippen LogP contribution in [0.5, 0.6) is 0 Å². The first kappa shape index (κ1) is 11.3. The van der Waals surface area contributed by atoms with Crippen molar-refractivity contribution >= 4 is 43.2 Å². The third-order valence-electron chi connectivity index (χ3n) is 1.98. The molecule has 0 bridgehead atoms. The molecular formula is C10H7Br2NOS. The predicted molar refractivity (Wildman–Crippen MR) is 68.0 cm³/mol. The number of hydrogen-bond acceptors (Lipinski definition) is 3. The lowest BCUT2D eigenvalue weighted by molar-refractivity contribution is 0.219. The van der Waals surface area contributed by atoms with E-state index in [1.807, 2.05) is 16.8 Å². The molecular weight excluding hydrogens is 342 g/mol. The molecule has 1 atom stereocenters. The maximum absolute atomic E-state index is 10.1. The number of aromatic nitrogens is 1. The number of halogens is 2. The first-order chi connectivity index (χ1) is 7.18. The largest absolute Gasteiger partial charge is 0.384 e. The van der Waals surface area contributed by atoms with Crippen LogP contribution in [-0.2, 0) is 0 Å². The highest BCUT2D eigenvalue weighted by Gasteiger charge is 2.14. The Hall–Kier alpha value is -0.230. The monoisotopic (exact) mass is 347 g/mol. The first-order valence-corrected chi connectivity index (χ1v) is 6.71. The van der Waals surface area contributed by atoms with Crippen LogP contribution in [0, 0.1) is 0 Å². The SMILES string of the molecule is OC(c1cncc(Br)c1)c1cscc1Br. The number of nitrogens with zero attached hydrogens (tertiary/aromatic N) is 1. The Morgan fingerprint density at radius 1 is 1.27 bits per heavy atom. The summed E-state index contributed by atoms with van der Waals surface area (Å²) in [7, 11) is 0. The van der Waals surface area contributed by atoms with E-state index in [4.69, 9.17) is 0 Å². The van der Waals surface area contributed by atoms with Crippen molar-refractivity contribution in [1.82, 2.24) is 4.98 Å². The molecule has 0 spiro atoms. The van der Waals surface area contributed by atoms with Gasteiger partial charge in [-0.2, -0.15) is 11.3 Å². The van der Waals surface area contributed by atoms with E-state index in [1.54, 1.807) is 23.7 Å².